The number of likely N-dealkylation sites (tertiary alicyclic amines) is 2. The van der Waals surface area contributed by atoms with E-state index in [4.69, 9.17) is 20.4 Å². The van der Waals surface area contributed by atoms with Crippen LogP contribution in [0.2, 0.25) is 0 Å². The molecule has 0 radical (unpaired) electrons. The SMILES string of the molecule is CCN1CCCC1CN(Cc1cccnc1)CC(C)(C)CN1CCC(C)CC1.O=C(O)CC(O)(CC(=O)O)C(=O)O. The molecule has 2 saturated heterocycles. The maximum atomic E-state index is 10.3. The minimum atomic E-state index is -2.74. The second kappa shape index (κ2) is 16.1. The van der Waals surface area contributed by atoms with Gasteiger partial charge in [-0.15, -0.1) is 0 Å². The van der Waals surface area contributed by atoms with E-state index in [1.54, 1.807) is 0 Å². The van der Waals surface area contributed by atoms with Gasteiger partial charge in [0.2, 0.25) is 0 Å². The minimum absolute atomic E-state index is 0.304. The number of aromatic nitrogens is 1. The summed E-state index contributed by atoms with van der Waals surface area (Å²) in [5.74, 6) is -4.11. The Balaban J connectivity index is 0.000000383. The second-order valence-electron chi connectivity index (χ2n) is 12.6. The summed E-state index contributed by atoms with van der Waals surface area (Å²) >= 11 is 0. The van der Waals surface area contributed by atoms with Crippen molar-refractivity contribution in [2.24, 2.45) is 11.3 Å². The molecular weight excluding hydrogens is 528 g/mol. The number of hydrogen-bond acceptors (Lipinski definition) is 8. The van der Waals surface area contributed by atoms with Gasteiger partial charge in [-0.1, -0.05) is 33.8 Å². The van der Waals surface area contributed by atoms with Crippen LogP contribution >= 0.6 is 0 Å². The van der Waals surface area contributed by atoms with Crippen LogP contribution in [0.1, 0.15) is 71.8 Å². The highest BCUT2D eigenvalue weighted by Crippen LogP contribution is 2.26. The van der Waals surface area contributed by atoms with Gasteiger partial charge in [-0.25, -0.2) is 4.79 Å². The molecule has 2 aliphatic heterocycles. The Kier molecular flexibility index (Phi) is 13.6. The van der Waals surface area contributed by atoms with E-state index in [9.17, 15) is 14.4 Å². The number of aliphatic hydroxyl groups is 1. The standard InChI is InChI=1S/C24H42N4.C6H8O7/c1-5-28-13-7-9-23(28)18-27(17-22-8-6-12-25-16-22)20-24(3,4)19-26-14-10-21(2)11-15-26;7-3(8)1-6(13,5(11)12)2-4(9)10/h6,8,12,16,21,23H,5,7,9-11,13-15,17-20H2,1-4H3;13H,1-2H2,(H,7,8)(H,9,10)(H,11,12). The molecule has 2 aliphatic rings. The van der Waals surface area contributed by atoms with Gasteiger partial charge in [0, 0.05) is 44.6 Å². The third kappa shape index (κ3) is 12.4. The van der Waals surface area contributed by atoms with Crippen LogP contribution in [-0.2, 0) is 20.9 Å². The van der Waals surface area contributed by atoms with Crippen molar-refractivity contribution in [3.8, 4) is 0 Å². The molecule has 0 amide bonds. The number of pyridine rings is 1. The average molecular weight is 579 g/mol. The Morgan fingerprint density at radius 3 is 2.20 bits per heavy atom. The maximum Gasteiger partial charge on any atom is 0.336 e. The number of rotatable bonds is 14. The number of carboxylic acid groups (broad SMARTS) is 3. The average Bonchev–Trinajstić information content (AvgIpc) is 3.32. The zero-order valence-electron chi connectivity index (χ0n) is 25.2. The third-order valence-electron chi connectivity index (χ3n) is 7.97. The van der Waals surface area contributed by atoms with E-state index < -0.39 is 36.4 Å². The first-order chi connectivity index (χ1) is 19.2. The van der Waals surface area contributed by atoms with Gasteiger partial charge in [-0.2, -0.15) is 0 Å². The van der Waals surface area contributed by atoms with E-state index in [0.29, 0.717) is 11.5 Å². The lowest BCUT2D eigenvalue weighted by Crippen LogP contribution is -2.47. The van der Waals surface area contributed by atoms with E-state index in [-0.39, 0.29) is 0 Å². The molecule has 1 unspecified atom stereocenters. The molecule has 0 aromatic carbocycles. The number of hydrogen-bond donors (Lipinski definition) is 4. The van der Waals surface area contributed by atoms with Gasteiger partial charge < -0.3 is 25.3 Å². The van der Waals surface area contributed by atoms with Crippen molar-refractivity contribution in [3.63, 3.8) is 0 Å². The third-order valence-corrected chi connectivity index (χ3v) is 7.97. The number of likely N-dealkylation sites (N-methyl/N-ethyl adjacent to an activating group) is 1. The first-order valence-electron chi connectivity index (χ1n) is 14.7. The molecule has 41 heavy (non-hydrogen) atoms. The molecule has 3 heterocycles. The molecule has 11 heteroatoms. The van der Waals surface area contributed by atoms with Crippen molar-refractivity contribution >= 4 is 17.9 Å². The molecule has 1 aromatic heterocycles. The Bertz CT molecular complexity index is 951. The fraction of sp³-hybridized carbons (Fsp3) is 0.733. The van der Waals surface area contributed by atoms with Gasteiger partial charge in [0.1, 0.15) is 0 Å². The van der Waals surface area contributed by atoms with Crippen molar-refractivity contribution in [1.82, 2.24) is 19.7 Å². The Labute approximate surface area is 244 Å². The molecule has 232 valence electrons. The Hall–Kier alpha value is -2.60. The van der Waals surface area contributed by atoms with Crippen molar-refractivity contribution in [2.75, 3.05) is 45.8 Å². The van der Waals surface area contributed by atoms with E-state index in [2.05, 4.69) is 59.5 Å². The Morgan fingerprint density at radius 1 is 1.05 bits per heavy atom. The van der Waals surface area contributed by atoms with Gasteiger partial charge in [-0.3, -0.25) is 24.4 Å². The summed E-state index contributed by atoms with van der Waals surface area (Å²) in [5, 5.41) is 33.8. The fourth-order valence-electron chi connectivity index (χ4n) is 5.95. The first-order valence-corrected chi connectivity index (χ1v) is 14.7. The molecular formula is C30H50N4O7. The molecule has 1 atom stereocenters. The van der Waals surface area contributed by atoms with Crippen LogP contribution in [0.4, 0.5) is 0 Å². The first kappa shape index (κ1) is 34.6. The highest BCUT2D eigenvalue weighted by atomic mass is 16.4. The monoisotopic (exact) mass is 578 g/mol. The smallest absolute Gasteiger partial charge is 0.336 e. The van der Waals surface area contributed by atoms with Crippen molar-refractivity contribution < 1.29 is 34.8 Å². The maximum absolute atomic E-state index is 10.3. The van der Waals surface area contributed by atoms with Crippen LogP contribution in [0.15, 0.2) is 24.5 Å². The molecule has 0 saturated carbocycles. The number of carbonyl (C=O) groups is 3. The molecule has 4 N–H and O–H groups in total. The van der Waals surface area contributed by atoms with Crippen molar-refractivity contribution in [3.05, 3.63) is 30.1 Å². The predicted molar refractivity (Wildman–Crippen MR) is 155 cm³/mol. The predicted octanol–water partition coefficient (Wildman–Crippen LogP) is 2.88. The number of piperidine rings is 1. The number of aliphatic carboxylic acids is 3. The highest BCUT2D eigenvalue weighted by molar-refractivity contribution is 5.88. The topological polar surface area (TPSA) is 155 Å². The molecule has 0 bridgehead atoms. The minimum Gasteiger partial charge on any atom is -0.481 e. The van der Waals surface area contributed by atoms with E-state index in [0.717, 1.165) is 19.0 Å². The van der Waals surface area contributed by atoms with Crippen LogP contribution in [-0.4, -0.2) is 115 Å². The lowest BCUT2D eigenvalue weighted by molar-refractivity contribution is -0.170. The molecule has 2 fully saturated rings. The Morgan fingerprint density at radius 2 is 1.68 bits per heavy atom. The zero-order valence-corrected chi connectivity index (χ0v) is 25.2. The molecule has 11 nitrogen and oxygen atoms in total. The van der Waals surface area contributed by atoms with Crippen LogP contribution < -0.4 is 0 Å². The van der Waals surface area contributed by atoms with E-state index >= 15 is 0 Å². The lowest BCUT2D eigenvalue weighted by atomic mass is 9.89. The zero-order chi connectivity index (χ0) is 30.6. The summed E-state index contributed by atoms with van der Waals surface area (Å²) in [5.41, 5.74) is -1.10. The summed E-state index contributed by atoms with van der Waals surface area (Å²) in [7, 11) is 0. The van der Waals surface area contributed by atoms with Gasteiger partial charge in [0.25, 0.3) is 0 Å². The van der Waals surface area contributed by atoms with Crippen LogP contribution in [0, 0.1) is 11.3 Å². The summed E-state index contributed by atoms with van der Waals surface area (Å²) in [4.78, 5) is 42.9. The largest absolute Gasteiger partial charge is 0.481 e. The normalized spacial score (nSPS) is 19.1. The van der Waals surface area contributed by atoms with Gasteiger partial charge in [-0.05, 0) is 74.8 Å². The molecule has 3 rings (SSSR count). The van der Waals surface area contributed by atoms with Crippen LogP contribution in [0.5, 0.6) is 0 Å². The summed E-state index contributed by atoms with van der Waals surface area (Å²) in [6.45, 7) is 19.2. The quantitative estimate of drug-likeness (QED) is 0.258. The second-order valence-corrected chi connectivity index (χ2v) is 12.6. The molecule has 1 aromatic rings. The lowest BCUT2D eigenvalue weighted by Gasteiger charge is -2.40. The van der Waals surface area contributed by atoms with Crippen molar-refractivity contribution in [2.45, 2.75) is 84.4 Å². The van der Waals surface area contributed by atoms with Crippen molar-refractivity contribution in [1.29, 1.82) is 0 Å². The van der Waals surface area contributed by atoms with Gasteiger partial charge in [0.15, 0.2) is 5.60 Å². The van der Waals surface area contributed by atoms with Crippen LogP contribution in [0.25, 0.3) is 0 Å². The highest BCUT2D eigenvalue weighted by Gasteiger charge is 2.40. The van der Waals surface area contributed by atoms with E-state index in [1.165, 1.54) is 70.5 Å². The summed E-state index contributed by atoms with van der Waals surface area (Å²) in [6, 6.07) is 5.01. The summed E-state index contributed by atoms with van der Waals surface area (Å²) in [6.07, 6.45) is 7.06. The molecule has 0 aliphatic carbocycles. The van der Waals surface area contributed by atoms with Crippen LogP contribution in [0.3, 0.4) is 0 Å². The van der Waals surface area contributed by atoms with Gasteiger partial charge >= 0.3 is 17.9 Å². The van der Waals surface area contributed by atoms with E-state index in [1.807, 2.05) is 12.4 Å². The number of carboxylic acids is 3. The fourth-order valence-corrected chi connectivity index (χ4v) is 5.95. The number of nitrogens with zero attached hydrogens (tertiary/aromatic N) is 4. The summed E-state index contributed by atoms with van der Waals surface area (Å²) < 4.78 is 0. The molecule has 0 spiro atoms. The van der Waals surface area contributed by atoms with Gasteiger partial charge in [0.05, 0.1) is 12.8 Å².